The SMILES string of the molecule is CCN(CC)c1ccc2c(c1)OC1(Oc3cc(N(CC)CC)ccc3N=Nc3ccc([N+](=O)[O-])cc3O1)Oc1cc([N+](=O)[O-])ccc1N=N2. The number of fused-ring (bicyclic) bond motifs is 4. The average molecular weight is 669 g/mol. The maximum absolute atomic E-state index is 11.9. The van der Waals surface area contributed by atoms with Crippen LogP contribution in [-0.2, 0) is 0 Å². The molecule has 16 nitrogen and oxygen atoms in total. The van der Waals surface area contributed by atoms with Gasteiger partial charge in [0, 0.05) is 61.8 Å². The summed E-state index contributed by atoms with van der Waals surface area (Å²) in [6.45, 7) is 10.8. The van der Waals surface area contributed by atoms with E-state index in [1.54, 1.807) is 24.3 Å². The molecule has 0 bridgehead atoms. The minimum absolute atomic E-state index is 0.0899. The predicted octanol–water partition coefficient (Wildman–Crippen LogP) is 8.88. The van der Waals surface area contributed by atoms with E-state index >= 15 is 0 Å². The molecule has 0 aliphatic carbocycles. The molecule has 6 rings (SSSR count). The molecule has 4 aromatic carbocycles. The van der Waals surface area contributed by atoms with Gasteiger partial charge < -0.3 is 28.7 Å². The third-order valence-corrected chi connectivity index (χ3v) is 7.92. The quantitative estimate of drug-likeness (QED) is 0.130. The van der Waals surface area contributed by atoms with Crippen LogP contribution in [0.2, 0.25) is 0 Å². The first kappa shape index (κ1) is 32.6. The van der Waals surface area contributed by atoms with Gasteiger partial charge in [-0.25, -0.2) is 0 Å². The van der Waals surface area contributed by atoms with Crippen molar-refractivity contribution >= 4 is 45.5 Å². The molecule has 0 fully saturated rings. The number of hydrogen-bond donors (Lipinski definition) is 0. The second-order valence-corrected chi connectivity index (χ2v) is 10.8. The molecule has 252 valence electrons. The van der Waals surface area contributed by atoms with E-state index in [0.29, 0.717) is 26.2 Å². The molecule has 49 heavy (non-hydrogen) atoms. The highest BCUT2D eigenvalue weighted by atomic mass is 17.0. The molecule has 2 aliphatic rings. The lowest BCUT2D eigenvalue weighted by molar-refractivity contribution is -0.386. The highest BCUT2D eigenvalue weighted by Gasteiger charge is 2.47. The lowest BCUT2D eigenvalue weighted by atomic mass is 10.2. The molecule has 16 heteroatoms. The number of non-ortho nitro benzene ring substituents is 2. The van der Waals surface area contributed by atoms with Crippen LogP contribution in [-0.4, -0.2) is 42.2 Å². The molecule has 0 amide bonds. The maximum Gasteiger partial charge on any atom is 0.611 e. The van der Waals surface area contributed by atoms with Gasteiger partial charge in [0.15, 0.2) is 23.0 Å². The second kappa shape index (κ2) is 13.4. The van der Waals surface area contributed by atoms with Crippen LogP contribution in [0.4, 0.5) is 45.5 Å². The maximum atomic E-state index is 11.9. The van der Waals surface area contributed by atoms with Crippen LogP contribution in [0.15, 0.2) is 93.3 Å². The highest BCUT2D eigenvalue weighted by molar-refractivity contribution is 5.66. The van der Waals surface area contributed by atoms with Gasteiger partial charge in [0.2, 0.25) is 0 Å². The van der Waals surface area contributed by atoms with E-state index < -0.39 is 16.0 Å². The standard InChI is InChI=1S/C33H32N8O8/c1-5-38(6-2)21-9-13-25-29(17-21)46-33(48-31-19-23(40(42)43)11-15-27(31)36-34-25)47-30-18-22(39(7-3)8-4)10-14-26(30)35-37-28-16-12-24(41(44)45)20-32(28)49-33/h9-20H,5-8H2,1-4H3. The molecule has 0 aromatic heterocycles. The molecule has 0 saturated heterocycles. The van der Waals surface area contributed by atoms with Crippen LogP contribution < -0.4 is 28.7 Å². The fourth-order valence-electron chi connectivity index (χ4n) is 5.35. The lowest BCUT2D eigenvalue weighted by Crippen LogP contribution is -2.53. The van der Waals surface area contributed by atoms with Crippen molar-refractivity contribution in [3.8, 4) is 23.0 Å². The third kappa shape index (κ3) is 6.60. The Morgan fingerprint density at radius 2 is 0.837 bits per heavy atom. The summed E-state index contributed by atoms with van der Waals surface area (Å²) in [5, 5.41) is 41.1. The fourth-order valence-corrected chi connectivity index (χ4v) is 5.35. The predicted molar refractivity (Wildman–Crippen MR) is 180 cm³/mol. The number of nitro groups is 2. The van der Waals surface area contributed by atoms with Gasteiger partial charge >= 0.3 is 6.16 Å². The Kier molecular flexibility index (Phi) is 8.94. The highest BCUT2D eigenvalue weighted by Crippen LogP contribution is 2.47. The van der Waals surface area contributed by atoms with Crippen molar-refractivity contribution < 1.29 is 28.8 Å². The van der Waals surface area contributed by atoms with Crippen LogP contribution in [0.25, 0.3) is 0 Å². The minimum Gasteiger partial charge on any atom is -0.384 e. The zero-order chi connectivity index (χ0) is 34.7. The molecule has 0 atom stereocenters. The Morgan fingerprint density at radius 3 is 1.14 bits per heavy atom. The Morgan fingerprint density at radius 1 is 0.531 bits per heavy atom. The normalized spacial score (nSPS) is 15.8. The molecule has 0 unspecified atom stereocenters. The summed E-state index contributed by atoms with van der Waals surface area (Å²) in [4.78, 5) is 26.7. The zero-order valence-electron chi connectivity index (χ0n) is 27.1. The van der Waals surface area contributed by atoms with E-state index in [0.717, 1.165) is 23.5 Å². The van der Waals surface area contributed by atoms with E-state index in [-0.39, 0.29) is 57.1 Å². The topological polar surface area (TPSA) is 179 Å². The summed E-state index contributed by atoms with van der Waals surface area (Å²) in [5.74, 6) is -0.151. The lowest BCUT2D eigenvalue weighted by Gasteiger charge is -2.33. The van der Waals surface area contributed by atoms with Crippen LogP contribution in [0.5, 0.6) is 23.0 Å². The molecule has 2 aliphatic heterocycles. The van der Waals surface area contributed by atoms with Crippen LogP contribution in [0.3, 0.4) is 0 Å². The van der Waals surface area contributed by atoms with Crippen molar-refractivity contribution in [2.75, 3.05) is 36.0 Å². The minimum atomic E-state index is -2.65. The monoisotopic (exact) mass is 668 g/mol. The summed E-state index contributed by atoms with van der Waals surface area (Å²) < 4.78 is 25.9. The van der Waals surface area contributed by atoms with E-state index in [1.165, 1.54) is 24.3 Å². The number of anilines is 2. The fraction of sp³-hybridized carbons (Fsp3) is 0.273. The van der Waals surface area contributed by atoms with Gasteiger partial charge in [-0.2, -0.15) is 0 Å². The number of benzene rings is 4. The molecule has 4 aromatic rings. The van der Waals surface area contributed by atoms with Gasteiger partial charge in [-0.15, -0.1) is 20.5 Å². The van der Waals surface area contributed by atoms with Gasteiger partial charge in [0.05, 0.1) is 22.0 Å². The van der Waals surface area contributed by atoms with Crippen molar-refractivity contribution in [3.05, 3.63) is 93.0 Å². The first-order valence-electron chi connectivity index (χ1n) is 15.6. The van der Waals surface area contributed by atoms with Gasteiger partial charge in [-0.3, -0.25) is 20.2 Å². The first-order valence-corrected chi connectivity index (χ1v) is 15.6. The van der Waals surface area contributed by atoms with E-state index in [9.17, 15) is 20.2 Å². The van der Waals surface area contributed by atoms with Gasteiger partial charge in [-0.1, -0.05) is 0 Å². The first-order chi connectivity index (χ1) is 23.6. The van der Waals surface area contributed by atoms with E-state index in [4.69, 9.17) is 18.9 Å². The molecule has 0 N–H and O–H groups in total. The van der Waals surface area contributed by atoms with Crippen molar-refractivity contribution in [2.45, 2.75) is 33.9 Å². The summed E-state index contributed by atoms with van der Waals surface area (Å²) in [5.41, 5.74) is 1.59. The van der Waals surface area contributed by atoms with Crippen LogP contribution >= 0.6 is 0 Å². The largest absolute Gasteiger partial charge is 0.611 e. The molecule has 0 radical (unpaired) electrons. The third-order valence-electron chi connectivity index (χ3n) is 7.92. The Labute approximate surface area is 280 Å². The number of hydrogen-bond acceptors (Lipinski definition) is 14. The Balaban J connectivity index is 1.64. The van der Waals surface area contributed by atoms with Gasteiger partial charge in [-0.05, 0) is 64.1 Å². The summed E-state index contributed by atoms with van der Waals surface area (Å²) in [6.07, 6.45) is -2.65. The van der Waals surface area contributed by atoms with Gasteiger partial charge in [0.25, 0.3) is 11.4 Å². The smallest absolute Gasteiger partial charge is 0.384 e. The molecule has 2 heterocycles. The summed E-state index contributed by atoms with van der Waals surface area (Å²) in [7, 11) is 0. The van der Waals surface area contributed by atoms with Crippen molar-refractivity contribution in [2.24, 2.45) is 20.5 Å². The number of azo groups is 2. The van der Waals surface area contributed by atoms with Crippen molar-refractivity contribution in [3.63, 3.8) is 0 Å². The number of nitrogens with zero attached hydrogens (tertiary/aromatic N) is 8. The average Bonchev–Trinajstić information content (AvgIpc) is 3.19. The second-order valence-electron chi connectivity index (χ2n) is 10.8. The molecular weight excluding hydrogens is 636 g/mol. The van der Waals surface area contributed by atoms with Crippen LogP contribution in [0, 0.1) is 20.2 Å². The van der Waals surface area contributed by atoms with Crippen molar-refractivity contribution in [1.29, 1.82) is 0 Å². The van der Waals surface area contributed by atoms with E-state index in [2.05, 4.69) is 30.3 Å². The number of rotatable bonds is 8. The number of nitro benzene ring substituents is 2. The zero-order valence-corrected chi connectivity index (χ0v) is 27.1. The molecule has 1 spiro atoms. The Bertz CT molecular complexity index is 1840. The molecular formula is C33H32N8O8. The summed E-state index contributed by atoms with van der Waals surface area (Å²) in [6, 6.07) is 18.0. The summed E-state index contributed by atoms with van der Waals surface area (Å²) >= 11 is 0. The number of ether oxygens (including phenoxy) is 4. The van der Waals surface area contributed by atoms with Gasteiger partial charge in [0.1, 0.15) is 22.7 Å². The van der Waals surface area contributed by atoms with Crippen molar-refractivity contribution in [1.82, 2.24) is 0 Å². The van der Waals surface area contributed by atoms with E-state index in [1.807, 2.05) is 39.8 Å². The van der Waals surface area contributed by atoms with Crippen LogP contribution in [0.1, 0.15) is 27.7 Å². The Hall–Kier alpha value is -6.32. The molecule has 0 saturated carbocycles.